The van der Waals surface area contributed by atoms with Crippen molar-refractivity contribution in [1.82, 2.24) is 14.8 Å². The fourth-order valence-corrected chi connectivity index (χ4v) is 2.58. The Morgan fingerprint density at radius 1 is 1.22 bits per heavy atom. The van der Waals surface area contributed by atoms with Crippen LogP contribution in [0.3, 0.4) is 0 Å². The van der Waals surface area contributed by atoms with Gasteiger partial charge in [0.15, 0.2) is 0 Å². The summed E-state index contributed by atoms with van der Waals surface area (Å²) in [6.07, 6.45) is 3.67. The first-order chi connectivity index (χ1) is 11.2. The lowest BCUT2D eigenvalue weighted by atomic mass is 10.1. The Morgan fingerprint density at radius 3 is 2.70 bits per heavy atom. The van der Waals surface area contributed by atoms with Crippen molar-refractivity contribution in [1.29, 1.82) is 0 Å². The first-order valence-electron chi connectivity index (χ1n) is 6.98. The van der Waals surface area contributed by atoms with Crippen molar-refractivity contribution >= 4 is 21.9 Å². The van der Waals surface area contributed by atoms with Gasteiger partial charge in [-0.15, -0.1) is 0 Å². The Labute approximate surface area is 142 Å². The summed E-state index contributed by atoms with van der Waals surface area (Å²) >= 11 is 3.36. The molecular formula is C17H14BrN3O2. The molecule has 0 aliphatic heterocycles. The van der Waals surface area contributed by atoms with Crippen LogP contribution in [-0.2, 0) is 11.3 Å². The van der Waals surface area contributed by atoms with Crippen LogP contribution in [0.1, 0.15) is 15.9 Å². The number of nitrogens with zero attached hydrogens (tertiary/aromatic N) is 3. The van der Waals surface area contributed by atoms with Gasteiger partial charge >= 0.3 is 5.97 Å². The lowest BCUT2D eigenvalue weighted by molar-refractivity contribution is 0.0600. The fourth-order valence-electron chi connectivity index (χ4n) is 2.22. The van der Waals surface area contributed by atoms with Gasteiger partial charge in [0, 0.05) is 18.0 Å². The van der Waals surface area contributed by atoms with Gasteiger partial charge < -0.3 is 4.74 Å². The summed E-state index contributed by atoms with van der Waals surface area (Å²) in [7, 11) is 1.37. The molecule has 116 valence electrons. The van der Waals surface area contributed by atoms with E-state index >= 15 is 0 Å². The molecule has 0 aliphatic carbocycles. The van der Waals surface area contributed by atoms with E-state index in [4.69, 9.17) is 4.74 Å². The third kappa shape index (κ3) is 3.65. The van der Waals surface area contributed by atoms with E-state index in [0.717, 1.165) is 21.4 Å². The maximum absolute atomic E-state index is 11.4. The first kappa shape index (κ1) is 15.4. The van der Waals surface area contributed by atoms with Crippen molar-refractivity contribution in [3.05, 3.63) is 70.6 Å². The summed E-state index contributed by atoms with van der Waals surface area (Å²) in [5.74, 6) is -0.332. The van der Waals surface area contributed by atoms with Crippen LogP contribution in [0.25, 0.3) is 11.3 Å². The third-order valence-electron chi connectivity index (χ3n) is 3.38. The number of hydrogen-bond donors (Lipinski definition) is 0. The number of esters is 1. The Bertz CT molecular complexity index is 828. The van der Waals surface area contributed by atoms with Crippen LogP contribution in [0, 0.1) is 0 Å². The molecule has 0 bridgehead atoms. The molecule has 1 aromatic carbocycles. The van der Waals surface area contributed by atoms with Crippen LogP contribution in [0.2, 0.25) is 0 Å². The Morgan fingerprint density at radius 2 is 2.00 bits per heavy atom. The molecule has 2 heterocycles. The third-order valence-corrected chi connectivity index (χ3v) is 3.82. The van der Waals surface area contributed by atoms with E-state index < -0.39 is 0 Å². The van der Waals surface area contributed by atoms with E-state index in [2.05, 4.69) is 26.0 Å². The zero-order chi connectivity index (χ0) is 16.2. The van der Waals surface area contributed by atoms with E-state index in [1.807, 2.05) is 41.2 Å². The maximum Gasteiger partial charge on any atom is 0.337 e. The van der Waals surface area contributed by atoms with Crippen molar-refractivity contribution in [2.24, 2.45) is 0 Å². The molecule has 0 saturated carbocycles. The summed E-state index contributed by atoms with van der Waals surface area (Å²) in [5.41, 5.74) is 3.49. The standard InChI is InChI=1S/C17H14BrN3O2/c1-23-17(22)13-4-2-12(3-5-13)11-21-9-7-15(20-21)14-6-8-19-16(18)10-14/h2-10H,11H2,1H3. The number of ether oxygens (including phenoxy) is 1. The normalized spacial score (nSPS) is 10.5. The molecule has 6 heteroatoms. The van der Waals surface area contributed by atoms with Gasteiger partial charge in [-0.3, -0.25) is 4.68 Å². The summed E-state index contributed by atoms with van der Waals surface area (Å²) in [5, 5.41) is 4.57. The average Bonchev–Trinajstić information content (AvgIpc) is 3.03. The number of halogens is 1. The van der Waals surface area contributed by atoms with E-state index in [0.29, 0.717) is 12.1 Å². The molecule has 0 spiro atoms. The highest BCUT2D eigenvalue weighted by atomic mass is 79.9. The summed E-state index contributed by atoms with van der Waals surface area (Å²) < 4.78 is 7.33. The van der Waals surface area contributed by atoms with Crippen molar-refractivity contribution in [3.63, 3.8) is 0 Å². The molecule has 0 radical (unpaired) electrons. The number of benzene rings is 1. The van der Waals surface area contributed by atoms with Crippen LogP contribution in [0.4, 0.5) is 0 Å². The van der Waals surface area contributed by atoms with E-state index in [9.17, 15) is 4.79 Å². The molecule has 0 atom stereocenters. The zero-order valence-corrected chi connectivity index (χ0v) is 14.0. The van der Waals surface area contributed by atoms with Crippen LogP contribution in [0.5, 0.6) is 0 Å². The van der Waals surface area contributed by atoms with Gasteiger partial charge in [-0.1, -0.05) is 12.1 Å². The molecular weight excluding hydrogens is 358 g/mol. The lowest BCUT2D eigenvalue weighted by Gasteiger charge is -2.04. The molecule has 0 fully saturated rings. The second-order valence-corrected chi connectivity index (χ2v) is 5.77. The van der Waals surface area contributed by atoms with Crippen molar-refractivity contribution in [2.45, 2.75) is 6.54 Å². The molecule has 3 rings (SSSR count). The number of carbonyl (C=O) groups is 1. The van der Waals surface area contributed by atoms with Gasteiger partial charge in [-0.25, -0.2) is 9.78 Å². The predicted octanol–water partition coefficient (Wildman–Crippen LogP) is 3.54. The zero-order valence-electron chi connectivity index (χ0n) is 12.4. The quantitative estimate of drug-likeness (QED) is 0.519. The number of carbonyl (C=O) groups excluding carboxylic acids is 1. The Kier molecular flexibility index (Phi) is 4.52. The molecule has 23 heavy (non-hydrogen) atoms. The SMILES string of the molecule is COC(=O)c1ccc(Cn2ccc(-c3ccnc(Br)c3)n2)cc1. The molecule has 3 aromatic rings. The van der Waals surface area contributed by atoms with Crippen molar-refractivity contribution in [2.75, 3.05) is 7.11 Å². The highest BCUT2D eigenvalue weighted by Gasteiger charge is 2.06. The molecule has 0 saturated heterocycles. The van der Waals surface area contributed by atoms with Gasteiger partial charge in [-0.05, 0) is 51.8 Å². The maximum atomic E-state index is 11.4. The monoisotopic (exact) mass is 371 g/mol. The van der Waals surface area contributed by atoms with Gasteiger partial charge in [0.05, 0.1) is 24.9 Å². The van der Waals surface area contributed by atoms with Gasteiger partial charge in [-0.2, -0.15) is 5.10 Å². The number of rotatable bonds is 4. The minimum Gasteiger partial charge on any atom is -0.465 e. The highest BCUT2D eigenvalue weighted by molar-refractivity contribution is 9.10. The number of hydrogen-bond acceptors (Lipinski definition) is 4. The molecule has 0 aliphatic rings. The Hall–Kier alpha value is -2.47. The van der Waals surface area contributed by atoms with Crippen LogP contribution < -0.4 is 0 Å². The summed E-state index contributed by atoms with van der Waals surface area (Å²) in [4.78, 5) is 15.5. The predicted molar refractivity (Wildman–Crippen MR) is 90.0 cm³/mol. The topological polar surface area (TPSA) is 57.0 Å². The average molecular weight is 372 g/mol. The van der Waals surface area contributed by atoms with Gasteiger partial charge in [0.2, 0.25) is 0 Å². The summed E-state index contributed by atoms with van der Waals surface area (Å²) in [6.45, 7) is 0.633. The molecule has 2 aromatic heterocycles. The minimum atomic E-state index is -0.332. The highest BCUT2D eigenvalue weighted by Crippen LogP contribution is 2.19. The van der Waals surface area contributed by atoms with E-state index in [1.54, 1.807) is 18.3 Å². The number of methoxy groups -OCH3 is 1. The van der Waals surface area contributed by atoms with Crippen LogP contribution in [-0.4, -0.2) is 27.8 Å². The van der Waals surface area contributed by atoms with Crippen LogP contribution >= 0.6 is 15.9 Å². The van der Waals surface area contributed by atoms with Crippen molar-refractivity contribution < 1.29 is 9.53 Å². The second kappa shape index (κ2) is 6.75. The molecule has 0 N–H and O–H groups in total. The molecule has 5 nitrogen and oxygen atoms in total. The minimum absolute atomic E-state index is 0.332. The van der Waals surface area contributed by atoms with E-state index in [-0.39, 0.29) is 5.97 Å². The van der Waals surface area contributed by atoms with Gasteiger partial charge in [0.25, 0.3) is 0 Å². The fraction of sp³-hybridized carbons (Fsp3) is 0.118. The van der Waals surface area contributed by atoms with Crippen molar-refractivity contribution in [3.8, 4) is 11.3 Å². The Balaban J connectivity index is 1.75. The second-order valence-electron chi connectivity index (χ2n) is 4.95. The van der Waals surface area contributed by atoms with Crippen LogP contribution in [0.15, 0.2) is 59.5 Å². The smallest absolute Gasteiger partial charge is 0.337 e. The number of aromatic nitrogens is 3. The number of pyridine rings is 1. The first-order valence-corrected chi connectivity index (χ1v) is 7.77. The largest absolute Gasteiger partial charge is 0.465 e. The van der Waals surface area contributed by atoms with Gasteiger partial charge in [0.1, 0.15) is 4.60 Å². The molecule has 0 unspecified atom stereocenters. The molecule has 0 amide bonds. The summed E-state index contributed by atoms with van der Waals surface area (Å²) in [6, 6.07) is 13.1. The lowest BCUT2D eigenvalue weighted by Crippen LogP contribution is -2.03. The van der Waals surface area contributed by atoms with E-state index in [1.165, 1.54) is 7.11 Å².